The minimum absolute atomic E-state index is 0.0769. The topological polar surface area (TPSA) is 21.7 Å². The lowest BCUT2D eigenvalue weighted by atomic mass is 9.77. The molecule has 2 fully saturated rings. The van der Waals surface area contributed by atoms with Crippen molar-refractivity contribution in [2.45, 2.75) is 69.8 Å². The molecular weight excluding hydrogens is 482 g/mol. The fourth-order valence-electron chi connectivity index (χ4n) is 6.25. The van der Waals surface area contributed by atoms with Crippen molar-refractivity contribution in [1.82, 2.24) is 4.90 Å². The van der Waals surface area contributed by atoms with E-state index in [9.17, 15) is 17.7 Å². The second-order valence-electron chi connectivity index (χ2n) is 10.7. The van der Waals surface area contributed by atoms with Crippen molar-refractivity contribution in [2.24, 2.45) is 5.92 Å². The lowest BCUT2D eigenvalue weighted by Crippen LogP contribution is -2.26. The van der Waals surface area contributed by atoms with Crippen molar-refractivity contribution in [2.75, 3.05) is 26.3 Å². The van der Waals surface area contributed by atoms with E-state index in [0.717, 1.165) is 73.3 Å². The molecule has 2 aromatic carbocycles. The average molecular weight is 518 g/mol. The quantitative estimate of drug-likeness (QED) is 0.335. The largest absolute Gasteiger partial charge is 0.489 e. The van der Waals surface area contributed by atoms with Crippen molar-refractivity contribution in [3.8, 4) is 11.5 Å². The molecular formula is C30H35F4NO2. The third-order valence-electron chi connectivity index (χ3n) is 8.14. The number of hydrogen-bond donors (Lipinski definition) is 0. The highest BCUT2D eigenvalue weighted by Gasteiger charge is 2.37. The molecule has 0 radical (unpaired) electrons. The molecule has 0 N–H and O–H groups in total. The summed E-state index contributed by atoms with van der Waals surface area (Å²) in [5, 5.41) is 0. The Balaban J connectivity index is 1.42. The Morgan fingerprint density at radius 2 is 1.70 bits per heavy atom. The van der Waals surface area contributed by atoms with E-state index >= 15 is 0 Å². The van der Waals surface area contributed by atoms with Crippen LogP contribution in [-0.2, 0) is 6.42 Å². The van der Waals surface area contributed by atoms with Gasteiger partial charge in [-0.3, -0.25) is 14.2 Å². The van der Waals surface area contributed by atoms with E-state index in [-0.39, 0.29) is 37.3 Å². The highest BCUT2D eigenvalue weighted by atomic mass is 19.3. The Bertz CT molecular complexity index is 1090. The summed E-state index contributed by atoms with van der Waals surface area (Å²) in [6.07, 6.45) is 4.87. The predicted molar refractivity (Wildman–Crippen MR) is 137 cm³/mol. The van der Waals surface area contributed by atoms with Crippen LogP contribution < -0.4 is 9.68 Å². The Labute approximate surface area is 216 Å². The molecule has 1 saturated heterocycles. The summed E-state index contributed by atoms with van der Waals surface area (Å²) in [5.74, 6) is -1.49. The summed E-state index contributed by atoms with van der Waals surface area (Å²) in [7, 11) is 0. The maximum Gasteiger partial charge on any atom is 0.248 e. The van der Waals surface area contributed by atoms with Crippen LogP contribution in [0.5, 0.6) is 11.5 Å². The lowest BCUT2D eigenvalue weighted by Gasteiger charge is -2.31. The van der Waals surface area contributed by atoms with Crippen molar-refractivity contribution >= 4 is 5.57 Å². The molecule has 7 heteroatoms. The summed E-state index contributed by atoms with van der Waals surface area (Å²) < 4.78 is 59.6. The maximum atomic E-state index is 14.0. The molecule has 1 saturated carbocycles. The minimum Gasteiger partial charge on any atom is -0.489 e. The number of fused-ring (bicyclic) bond motifs is 1. The van der Waals surface area contributed by atoms with Crippen molar-refractivity contribution in [1.29, 1.82) is 0 Å². The van der Waals surface area contributed by atoms with Crippen LogP contribution >= 0.6 is 0 Å². The van der Waals surface area contributed by atoms with Gasteiger partial charge in [-0.15, -0.1) is 0 Å². The standard InChI is InChI=1S/C30H35F4NO2/c31-16-2-17-35-18-13-26(20-35)36-24-7-5-22(6-8-24)29-27(21-11-14-30(32,33)15-12-21)4-1-3-23-19-25(37-34)9-10-28(23)29/h5-10,19,21,26H,1-4,11-18,20H2/t26-/m0/s1. The van der Waals surface area contributed by atoms with E-state index in [1.165, 1.54) is 5.57 Å². The SMILES string of the molecule is FCCCN1CC[C@H](Oc2ccc(C3=C(C4CCC(F)(F)CC4)CCCc4cc(OF)ccc43)cc2)C1. The molecule has 2 aromatic rings. The van der Waals surface area contributed by atoms with Crippen LogP contribution in [0.25, 0.3) is 5.57 Å². The van der Waals surface area contributed by atoms with Gasteiger partial charge in [0.2, 0.25) is 5.92 Å². The predicted octanol–water partition coefficient (Wildman–Crippen LogP) is 7.73. The van der Waals surface area contributed by atoms with Gasteiger partial charge >= 0.3 is 0 Å². The fraction of sp³-hybridized carbons (Fsp3) is 0.533. The molecule has 0 unspecified atom stereocenters. The molecule has 0 amide bonds. The molecule has 0 spiro atoms. The molecule has 1 aliphatic heterocycles. The molecule has 1 atom stereocenters. The number of allylic oxidation sites excluding steroid dienone is 1. The normalized spacial score (nSPS) is 22.5. The Morgan fingerprint density at radius 1 is 0.946 bits per heavy atom. The molecule has 1 heterocycles. The summed E-state index contributed by atoms with van der Waals surface area (Å²) in [4.78, 5) is 6.24. The molecule has 0 aromatic heterocycles. The third kappa shape index (κ3) is 6.14. The van der Waals surface area contributed by atoms with Crippen LogP contribution in [-0.4, -0.2) is 43.2 Å². The highest BCUT2D eigenvalue weighted by Crippen LogP contribution is 2.46. The highest BCUT2D eigenvalue weighted by molar-refractivity contribution is 5.85. The zero-order valence-electron chi connectivity index (χ0n) is 21.2. The van der Waals surface area contributed by atoms with Gasteiger partial charge < -0.3 is 4.74 Å². The van der Waals surface area contributed by atoms with Gasteiger partial charge in [0.25, 0.3) is 0 Å². The molecule has 37 heavy (non-hydrogen) atoms. The zero-order chi connectivity index (χ0) is 25.8. The monoisotopic (exact) mass is 517 g/mol. The summed E-state index contributed by atoms with van der Waals surface area (Å²) in [6, 6.07) is 13.3. The van der Waals surface area contributed by atoms with E-state index < -0.39 is 5.92 Å². The number of likely N-dealkylation sites (tertiary alicyclic amines) is 1. The van der Waals surface area contributed by atoms with E-state index in [2.05, 4.69) is 9.84 Å². The Morgan fingerprint density at radius 3 is 2.43 bits per heavy atom. The van der Waals surface area contributed by atoms with E-state index in [4.69, 9.17) is 4.74 Å². The number of halogens is 4. The Kier molecular flexibility index (Phi) is 8.08. The molecule has 3 aliphatic rings. The van der Waals surface area contributed by atoms with Crippen LogP contribution in [0.3, 0.4) is 0 Å². The number of rotatable bonds is 8. The first-order valence-electron chi connectivity index (χ1n) is 13.5. The Hall–Kier alpha value is -2.54. The van der Waals surface area contributed by atoms with Gasteiger partial charge in [0.15, 0.2) is 5.75 Å². The average Bonchev–Trinajstić information content (AvgIpc) is 3.26. The van der Waals surface area contributed by atoms with E-state index in [1.54, 1.807) is 12.1 Å². The first-order valence-corrected chi connectivity index (χ1v) is 13.5. The van der Waals surface area contributed by atoms with Crippen LogP contribution in [0.15, 0.2) is 48.0 Å². The van der Waals surface area contributed by atoms with Crippen LogP contribution in [0.2, 0.25) is 0 Å². The number of benzene rings is 2. The number of aryl methyl sites for hydroxylation is 1. The molecule has 0 bridgehead atoms. The minimum atomic E-state index is -2.58. The molecule has 2 aliphatic carbocycles. The molecule has 3 nitrogen and oxygen atoms in total. The van der Waals surface area contributed by atoms with Gasteiger partial charge in [-0.25, -0.2) is 8.78 Å². The van der Waals surface area contributed by atoms with Gasteiger partial charge in [0.1, 0.15) is 11.9 Å². The maximum absolute atomic E-state index is 14.0. The lowest BCUT2D eigenvalue weighted by molar-refractivity contribution is -0.0423. The second-order valence-corrected chi connectivity index (χ2v) is 10.7. The molecule has 200 valence electrons. The van der Waals surface area contributed by atoms with Crippen molar-refractivity contribution < 1.29 is 27.4 Å². The van der Waals surface area contributed by atoms with E-state index in [1.807, 2.05) is 30.3 Å². The van der Waals surface area contributed by atoms with Gasteiger partial charge in [0, 0.05) is 37.0 Å². The van der Waals surface area contributed by atoms with Crippen molar-refractivity contribution in [3.05, 3.63) is 64.7 Å². The fourth-order valence-corrected chi connectivity index (χ4v) is 6.25. The number of nitrogens with zero attached hydrogens (tertiary/aromatic N) is 1. The molecule has 5 rings (SSSR count). The number of alkyl halides is 3. The first-order chi connectivity index (χ1) is 18.0. The van der Waals surface area contributed by atoms with Gasteiger partial charge in [-0.05, 0) is 97.4 Å². The second kappa shape index (κ2) is 11.5. The number of ether oxygens (including phenoxy) is 1. The van der Waals surface area contributed by atoms with Crippen LogP contribution in [0.4, 0.5) is 17.7 Å². The third-order valence-corrected chi connectivity index (χ3v) is 8.14. The summed E-state index contributed by atoms with van der Waals surface area (Å²) >= 11 is 0. The summed E-state index contributed by atoms with van der Waals surface area (Å²) in [5.41, 5.74) is 5.38. The first kappa shape index (κ1) is 26.1. The van der Waals surface area contributed by atoms with Gasteiger partial charge in [-0.2, -0.15) is 0 Å². The van der Waals surface area contributed by atoms with Crippen molar-refractivity contribution in [3.63, 3.8) is 0 Å². The van der Waals surface area contributed by atoms with E-state index in [0.29, 0.717) is 19.3 Å². The van der Waals surface area contributed by atoms with Gasteiger partial charge in [-0.1, -0.05) is 23.8 Å². The number of hydrogen-bond acceptors (Lipinski definition) is 3. The summed E-state index contributed by atoms with van der Waals surface area (Å²) in [6.45, 7) is 2.18. The smallest absolute Gasteiger partial charge is 0.248 e. The van der Waals surface area contributed by atoms with Gasteiger partial charge in [0.05, 0.1) is 6.67 Å². The zero-order valence-corrected chi connectivity index (χ0v) is 21.2. The van der Waals surface area contributed by atoms with Crippen LogP contribution in [0, 0.1) is 5.92 Å². The van der Waals surface area contributed by atoms with Crippen LogP contribution in [0.1, 0.15) is 68.1 Å².